The van der Waals surface area contributed by atoms with Gasteiger partial charge in [-0.2, -0.15) is 0 Å². The summed E-state index contributed by atoms with van der Waals surface area (Å²) < 4.78 is 12.8. The first-order valence-corrected chi connectivity index (χ1v) is 7.10. The van der Waals surface area contributed by atoms with Gasteiger partial charge in [0, 0.05) is 10.9 Å². The highest BCUT2D eigenvalue weighted by atomic mass is 32.1. The van der Waals surface area contributed by atoms with Crippen molar-refractivity contribution in [2.45, 2.75) is 25.3 Å². The topological polar surface area (TPSA) is 12.0 Å². The van der Waals surface area contributed by atoms with Gasteiger partial charge in [0.05, 0.1) is 0 Å². The van der Waals surface area contributed by atoms with Crippen LogP contribution in [0.2, 0.25) is 0 Å². The Kier molecular flexibility index (Phi) is 4.90. The molecule has 0 spiro atoms. The Morgan fingerprint density at radius 2 is 2.00 bits per heavy atom. The minimum Gasteiger partial charge on any atom is -0.317 e. The maximum atomic E-state index is 12.8. The maximum absolute atomic E-state index is 12.8. The number of aryl methyl sites for hydroxylation is 1. The van der Waals surface area contributed by atoms with E-state index < -0.39 is 0 Å². The first-order chi connectivity index (χ1) is 8.78. The molecule has 0 radical (unpaired) electrons. The number of hydrogen-bond acceptors (Lipinski definition) is 2. The summed E-state index contributed by atoms with van der Waals surface area (Å²) >= 11 is 1.81. The molecule has 18 heavy (non-hydrogen) atoms. The lowest BCUT2D eigenvalue weighted by Gasteiger charge is -2.15. The van der Waals surface area contributed by atoms with Crippen LogP contribution in [0.5, 0.6) is 0 Å². The Balaban J connectivity index is 1.87. The highest BCUT2D eigenvalue weighted by Gasteiger charge is 2.08. The van der Waals surface area contributed by atoms with Gasteiger partial charge in [0.1, 0.15) is 5.82 Å². The number of halogens is 1. The molecule has 2 aromatic rings. The molecule has 1 heterocycles. The SMILES string of the molecule is CNC(CCc1cccs1)Cc1ccc(F)cc1. The van der Waals surface area contributed by atoms with E-state index >= 15 is 0 Å². The highest BCUT2D eigenvalue weighted by molar-refractivity contribution is 7.09. The van der Waals surface area contributed by atoms with Gasteiger partial charge in [0.25, 0.3) is 0 Å². The quantitative estimate of drug-likeness (QED) is 0.839. The van der Waals surface area contributed by atoms with Gasteiger partial charge in [0.2, 0.25) is 0 Å². The van der Waals surface area contributed by atoms with Gasteiger partial charge in [0.15, 0.2) is 0 Å². The molecule has 1 nitrogen and oxygen atoms in total. The number of hydrogen-bond donors (Lipinski definition) is 1. The molecule has 3 heteroatoms. The first-order valence-electron chi connectivity index (χ1n) is 6.22. The van der Waals surface area contributed by atoms with Gasteiger partial charge in [-0.15, -0.1) is 11.3 Å². The van der Waals surface area contributed by atoms with Crippen LogP contribution in [0, 0.1) is 5.82 Å². The number of rotatable bonds is 6. The van der Waals surface area contributed by atoms with Crippen LogP contribution >= 0.6 is 11.3 Å². The fourth-order valence-corrected chi connectivity index (χ4v) is 2.75. The summed E-state index contributed by atoms with van der Waals surface area (Å²) in [5.74, 6) is -0.168. The van der Waals surface area contributed by atoms with Crippen LogP contribution in [-0.2, 0) is 12.8 Å². The Morgan fingerprint density at radius 3 is 2.61 bits per heavy atom. The van der Waals surface area contributed by atoms with E-state index in [9.17, 15) is 4.39 Å². The van der Waals surface area contributed by atoms with Crippen molar-refractivity contribution in [3.05, 3.63) is 58.0 Å². The molecular weight excluding hydrogens is 245 g/mol. The van der Waals surface area contributed by atoms with Crippen LogP contribution < -0.4 is 5.32 Å². The average molecular weight is 263 g/mol. The van der Waals surface area contributed by atoms with Crippen LogP contribution in [-0.4, -0.2) is 13.1 Å². The van der Waals surface area contributed by atoms with E-state index in [-0.39, 0.29) is 5.82 Å². The third-order valence-electron chi connectivity index (χ3n) is 3.12. The summed E-state index contributed by atoms with van der Waals surface area (Å²) in [6.45, 7) is 0. The van der Waals surface area contributed by atoms with Crippen molar-refractivity contribution in [1.82, 2.24) is 5.32 Å². The summed E-state index contributed by atoms with van der Waals surface area (Å²) in [6, 6.07) is 11.5. The number of thiophene rings is 1. The van der Waals surface area contributed by atoms with Gasteiger partial charge in [-0.3, -0.25) is 0 Å². The molecule has 0 aliphatic carbocycles. The minimum atomic E-state index is -0.168. The lowest BCUT2D eigenvalue weighted by atomic mass is 10.0. The van der Waals surface area contributed by atoms with Crippen molar-refractivity contribution in [3.8, 4) is 0 Å². The Bertz CT molecular complexity index is 450. The predicted molar refractivity (Wildman–Crippen MR) is 75.6 cm³/mol. The molecule has 0 bridgehead atoms. The normalized spacial score (nSPS) is 12.6. The second-order valence-electron chi connectivity index (χ2n) is 4.43. The van der Waals surface area contributed by atoms with Crippen LogP contribution in [0.25, 0.3) is 0 Å². The fraction of sp³-hybridized carbons (Fsp3) is 0.333. The zero-order chi connectivity index (χ0) is 12.8. The van der Waals surface area contributed by atoms with E-state index in [1.54, 1.807) is 11.3 Å². The smallest absolute Gasteiger partial charge is 0.123 e. The maximum Gasteiger partial charge on any atom is 0.123 e. The van der Waals surface area contributed by atoms with E-state index in [0.717, 1.165) is 19.3 Å². The highest BCUT2D eigenvalue weighted by Crippen LogP contribution is 2.14. The molecule has 2 rings (SSSR count). The Labute approximate surface area is 112 Å². The molecule has 0 fully saturated rings. The van der Waals surface area contributed by atoms with Crippen molar-refractivity contribution in [1.29, 1.82) is 0 Å². The molecule has 0 saturated carbocycles. The van der Waals surface area contributed by atoms with Gasteiger partial charge >= 0.3 is 0 Å². The molecule has 0 aliphatic heterocycles. The van der Waals surface area contributed by atoms with Crippen molar-refractivity contribution >= 4 is 11.3 Å². The zero-order valence-corrected chi connectivity index (χ0v) is 11.3. The third kappa shape index (κ3) is 3.93. The minimum absolute atomic E-state index is 0.168. The molecule has 1 aromatic carbocycles. The van der Waals surface area contributed by atoms with E-state index in [0.29, 0.717) is 6.04 Å². The zero-order valence-electron chi connectivity index (χ0n) is 10.5. The molecule has 96 valence electrons. The molecule has 1 aromatic heterocycles. The standard InChI is InChI=1S/C15H18FNS/c1-17-14(8-9-15-3-2-10-18-15)11-12-4-6-13(16)7-5-12/h2-7,10,14,17H,8-9,11H2,1H3. The fourth-order valence-electron chi connectivity index (χ4n) is 2.02. The van der Waals surface area contributed by atoms with Gasteiger partial charge < -0.3 is 5.32 Å². The lowest BCUT2D eigenvalue weighted by molar-refractivity contribution is 0.521. The number of nitrogens with one attached hydrogen (secondary N) is 1. The van der Waals surface area contributed by atoms with E-state index in [2.05, 4.69) is 22.8 Å². The van der Waals surface area contributed by atoms with Gasteiger partial charge in [-0.05, 0) is 55.5 Å². The van der Waals surface area contributed by atoms with Crippen LogP contribution in [0.15, 0.2) is 41.8 Å². The molecule has 1 unspecified atom stereocenters. The van der Waals surface area contributed by atoms with Crippen LogP contribution in [0.4, 0.5) is 4.39 Å². The van der Waals surface area contributed by atoms with Gasteiger partial charge in [-0.1, -0.05) is 18.2 Å². The molecular formula is C15H18FNS. The van der Waals surface area contributed by atoms with Crippen molar-refractivity contribution in [2.75, 3.05) is 7.05 Å². The first kappa shape index (κ1) is 13.2. The molecule has 0 saturated heterocycles. The average Bonchev–Trinajstić information content (AvgIpc) is 2.90. The Hall–Kier alpha value is -1.19. The second-order valence-corrected chi connectivity index (χ2v) is 5.47. The van der Waals surface area contributed by atoms with E-state index in [1.807, 2.05) is 19.2 Å². The van der Waals surface area contributed by atoms with Crippen molar-refractivity contribution in [3.63, 3.8) is 0 Å². The predicted octanol–water partition coefficient (Wildman–Crippen LogP) is 3.65. The summed E-state index contributed by atoms with van der Waals surface area (Å²) in [5.41, 5.74) is 1.18. The van der Waals surface area contributed by atoms with E-state index in [4.69, 9.17) is 0 Å². The molecule has 1 atom stereocenters. The van der Waals surface area contributed by atoms with Gasteiger partial charge in [-0.25, -0.2) is 4.39 Å². The second kappa shape index (κ2) is 6.66. The van der Waals surface area contributed by atoms with E-state index in [1.165, 1.54) is 22.6 Å². The molecule has 0 aliphatic rings. The summed E-state index contributed by atoms with van der Waals surface area (Å²) in [6.07, 6.45) is 3.15. The number of benzene rings is 1. The molecule has 1 N–H and O–H groups in total. The lowest BCUT2D eigenvalue weighted by Crippen LogP contribution is -2.28. The van der Waals surface area contributed by atoms with Crippen molar-refractivity contribution < 1.29 is 4.39 Å². The molecule has 0 amide bonds. The summed E-state index contributed by atoms with van der Waals surface area (Å²) in [5, 5.41) is 5.45. The number of likely N-dealkylation sites (N-methyl/N-ethyl adjacent to an activating group) is 1. The van der Waals surface area contributed by atoms with Crippen molar-refractivity contribution in [2.24, 2.45) is 0 Å². The summed E-state index contributed by atoms with van der Waals surface area (Å²) in [7, 11) is 1.99. The summed E-state index contributed by atoms with van der Waals surface area (Å²) in [4.78, 5) is 1.43. The Morgan fingerprint density at radius 1 is 1.22 bits per heavy atom. The largest absolute Gasteiger partial charge is 0.317 e. The third-order valence-corrected chi connectivity index (χ3v) is 4.06. The van der Waals surface area contributed by atoms with Crippen LogP contribution in [0.3, 0.4) is 0 Å². The monoisotopic (exact) mass is 263 g/mol. The van der Waals surface area contributed by atoms with Crippen LogP contribution in [0.1, 0.15) is 16.9 Å².